The summed E-state index contributed by atoms with van der Waals surface area (Å²) >= 11 is 0. The van der Waals surface area contributed by atoms with E-state index in [0.29, 0.717) is 5.56 Å². The first-order valence-electron chi connectivity index (χ1n) is 8.46. The van der Waals surface area contributed by atoms with Gasteiger partial charge in [0, 0.05) is 12.5 Å². The van der Waals surface area contributed by atoms with E-state index in [9.17, 15) is 9.59 Å². The molecule has 0 aromatic heterocycles. The fourth-order valence-corrected chi connectivity index (χ4v) is 2.72. The normalized spacial score (nSPS) is 14.5. The van der Waals surface area contributed by atoms with E-state index in [4.69, 9.17) is 18.9 Å². The molecule has 2 aromatic carbocycles. The molecule has 1 aliphatic heterocycles. The summed E-state index contributed by atoms with van der Waals surface area (Å²) in [5.74, 6) is -0.0656. The number of benzene rings is 2. The van der Waals surface area contributed by atoms with Crippen LogP contribution < -0.4 is 14.2 Å². The van der Waals surface area contributed by atoms with Crippen molar-refractivity contribution in [1.82, 2.24) is 0 Å². The molecule has 0 bridgehead atoms. The number of nitrogens with zero attached hydrogens (tertiary/aromatic N) is 1. The molecule has 1 heterocycles. The first-order valence-corrected chi connectivity index (χ1v) is 8.46. The van der Waals surface area contributed by atoms with Crippen molar-refractivity contribution in [3.63, 3.8) is 0 Å². The Morgan fingerprint density at radius 2 is 1.75 bits per heavy atom. The van der Waals surface area contributed by atoms with E-state index in [2.05, 4.69) is 4.99 Å². The molecule has 3 rings (SSSR count). The number of cyclic esters (lactones) is 1. The summed E-state index contributed by atoms with van der Waals surface area (Å²) in [4.78, 5) is 27.9. The summed E-state index contributed by atoms with van der Waals surface area (Å²) in [6.07, 6.45) is 1.55. The maximum atomic E-state index is 12.3. The summed E-state index contributed by atoms with van der Waals surface area (Å²) in [6, 6.07) is 10.7. The predicted molar refractivity (Wildman–Crippen MR) is 103 cm³/mol. The lowest BCUT2D eigenvalue weighted by molar-refractivity contribution is -0.132. The van der Waals surface area contributed by atoms with E-state index < -0.39 is 11.9 Å². The standard InChI is InChI=1S/C21H19NO6/c1-12-7-5-6-8-15(12)20-22-16(21(24)28-20)9-14-10-17(25-3)19(27-13(2)23)18(11-14)26-4/h5-11H,1-4H3/b16-9-. The lowest BCUT2D eigenvalue weighted by atomic mass is 10.1. The Bertz CT molecular complexity index is 981. The van der Waals surface area contributed by atoms with Crippen LogP contribution in [0.5, 0.6) is 17.2 Å². The first-order chi connectivity index (χ1) is 13.4. The van der Waals surface area contributed by atoms with Gasteiger partial charge in [-0.15, -0.1) is 0 Å². The second-order valence-electron chi connectivity index (χ2n) is 6.00. The summed E-state index contributed by atoms with van der Waals surface area (Å²) in [6.45, 7) is 3.20. The van der Waals surface area contributed by atoms with Crippen molar-refractivity contribution in [2.45, 2.75) is 13.8 Å². The Kier molecular flexibility index (Phi) is 5.44. The van der Waals surface area contributed by atoms with Gasteiger partial charge < -0.3 is 18.9 Å². The Labute approximate surface area is 162 Å². The summed E-state index contributed by atoms with van der Waals surface area (Å²) in [5.41, 5.74) is 2.41. The van der Waals surface area contributed by atoms with Gasteiger partial charge in [-0.3, -0.25) is 4.79 Å². The van der Waals surface area contributed by atoms with E-state index in [0.717, 1.165) is 11.1 Å². The molecule has 7 nitrogen and oxygen atoms in total. The topological polar surface area (TPSA) is 83.4 Å². The fraction of sp³-hybridized carbons (Fsp3) is 0.190. The lowest BCUT2D eigenvalue weighted by Crippen LogP contribution is -2.06. The molecule has 0 unspecified atom stereocenters. The average molecular weight is 381 g/mol. The molecule has 0 amide bonds. The van der Waals surface area contributed by atoms with Crippen LogP contribution in [-0.2, 0) is 14.3 Å². The van der Waals surface area contributed by atoms with Crippen LogP contribution in [0, 0.1) is 6.92 Å². The van der Waals surface area contributed by atoms with E-state index in [1.54, 1.807) is 18.2 Å². The van der Waals surface area contributed by atoms with Crippen LogP contribution in [0.3, 0.4) is 0 Å². The third kappa shape index (κ3) is 3.88. The largest absolute Gasteiger partial charge is 0.493 e. The molecule has 144 valence electrons. The molecular weight excluding hydrogens is 362 g/mol. The van der Waals surface area contributed by atoms with Crippen LogP contribution in [0.1, 0.15) is 23.6 Å². The zero-order valence-electron chi connectivity index (χ0n) is 15.9. The number of carbonyl (C=O) groups excluding carboxylic acids is 2. The zero-order chi connectivity index (χ0) is 20.3. The average Bonchev–Trinajstić information content (AvgIpc) is 3.02. The number of rotatable bonds is 5. The smallest absolute Gasteiger partial charge is 0.363 e. The van der Waals surface area contributed by atoms with E-state index in [1.165, 1.54) is 21.1 Å². The van der Waals surface area contributed by atoms with Crippen molar-refractivity contribution in [2.24, 2.45) is 4.99 Å². The van der Waals surface area contributed by atoms with Gasteiger partial charge in [0.15, 0.2) is 17.2 Å². The monoisotopic (exact) mass is 381 g/mol. The van der Waals surface area contributed by atoms with Crippen LogP contribution in [-0.4, -0.2) is 32.1 Å². The molecule has 0 atom stereocenters. The Morgan fingerprint density at radius 1 is 1.11 bits per heavy atom. The van der Waals surface area contributed by atoms with Gasteiger partial charge in [-0.05, 0) is 42.3 Å². The maximum absolute atomic E-state index is 12.3. The summed E-state index contributed by atoms with van der Waals surface area (Å²) in [5, 5.41) is 0. The highest BCUT2D eigenvalue weighted by atomic mass is 16.6. The summed E-state index contributed by atoms with van der Waals surface area (Å²) < 4.78 is 21.1. The minimum atomic E-state index is -0.555. The predicted octanol–water partition coefficient (Wildman–Crippen LogP) is 3.28. The van der Waals surface area contributed by atoms with Gasteiger partial charge in [-0.1, -0.05) is 18.2 Å². The highest BCUT2D eigenvalue weighted by Gasteiger charge is 2.25. The summed E-state index contributed by atoms with van der Waals surface area (Å²) in [7, 11) is 2.88. The molecule has 1 aliphatic rings. The SMILES string of the molecule is COc1cc(/C=C2\N=C(c3ccccc3C)OC2=O)cc(OC)c1OC(C)=O. The van der Waals surface area contributed by atoms with Crippen molar-refractivity contribution in [2.75, 3.05) is 14.2 Å². The third-order valence-corrected chi connectivity index (χ3v) is 4.03. The molecule has 0 spiro atoms. The van der Waals surface area contributed by atoms with Crippen LogP contribution in [0.25, 0.3) is 6.08 Å². The highest BCUT2D eigenvalue weighted by Crippen LogP contribution is 2.39. The van der Waals surface area contributed by atoms with Crippen LogP contribution in [0.4, 0.5) is 0 Å². The van der Waals surface area contributed by atoms with Crippen molar-refractivity contribution in [3.05, 3.63) is 58.8 Å². The molecule has 0 saturated carbocycles. The molecule has 7 heteroatoms. The van der Waals surface area contributed by atoms with Gasteiger partial charge >= 0.3 is 11.9 Å². The molecule has 0 N–H and O–H groups in total. The zero-order valence-corrected chi connectivity index (χ0v) is 15.9. The molecular formula is C21H19NO6. The number of hydrogen-bond donors (Lipinski definition) is 0. The number of esters is 2. The Morgan fingerprint density at radius 3 is 2.32 bits per heavy atom. The van der Waals surface area contributed by atoms with Crippen molar-refractivity contribution in [3.8, 4) is 17.2 Å². The second-order valence-corrected chi connectivity index (χ2v) is 6.00. The Balaban J connectivity index is 2.02. The third-order valence-electron chi connectivity index (χ3n) is 4.03. The number of carbonyl (C=O) groups is 2. The molecule has 0 aliphatic carbocycles. The molecule has 0 fully saturated rings. The van der Waals surface area contributed by atoms with Crippen molar-refractivity contribution >= 4 is 23.9 Å². The van der Waals surface area contributed by atoms with Gasteiger partial charge in [0.05, 0.1) is 14.2 Å². The molecule has 0 saturated heterocycles. The highest BCUT2D eigenvalue weighted by molar-refractivity contribution is 6.13. The minimum Gasteiger partial charge on any atom is -0.493 e. The fourth-order valence-electron chi connectivity index (χ4n) is 2.72. The van der Waals surface area contributed by atoms with Crippen LogP contribution in [0.15, 0.2) is 47.1 Å². The lowest BCUT2D eigenvalue weighted by Gasteiger charge is -2.13. The van der Waals surface area contributed by atoms with E-state index in [-0.39, 0.29) is 28.8 Å². The van der Waals surface area contributed by atoms with Crippen LogP contribution in [0.2, 0.25) is 0 Å². The van der Waals surface area contributed by atoms with Gasteiger partial charge in [-0.2, -0.15) is 0 Å². The van der Waals surface area contributed by atoms with Gasteiger partial charge in [-0.25, -0.2) is 9.79 Å². The number of ether oxygens (including phenoxy) is 4. The van der Waals surface area contributed by atoms with Gasteiger partial charge in [0.2, 0.25) is 11.6 Å². The van der Waals surface area contributed by atoms with Crippen LogP contribution >= 0.6 is 0 Å². The number of aryl methyl sites for hydroxylation is 1. The Hall–Kier alpha value is -3.61. The quantitative estimate of drug-likeness (QED) is 0.449. The maximum Gasteiger partial charge on any atom is 0.363 e. The van der Waals surface area contributed by atoms with Gasteiger partial charge in [0.25, 0.3) is 0 Å². The number of hydrogen-bond acceptors (Lipinski definition) is 7. The van der Waals surface area contributed by atoms with E-state index in [1.807, 2.05) is 31.2 Å². The van der Waals surface area contributed by atoms with Crippen molar-refractivity contribution in [1.29, 1.82) is 0 Å². The number of aliphatic imine (C=N–C) groups is 1. The molecule has 28 heavy (non-hydrogen) atoms. The molecule has 0 radical (unpaired) electrons. The molecule has 2 aromatic rings. The second kappa shape index (κ2) is 7.96. The number of methoxy groups -OCH3 is 2. The van der Waals surface area contributed by atoms with Crippen molar-refractivity contribution < 1.29 is 28.5 Å². The van der Waals surface area contributed by atoms with Gasteiger partial charge in [0.1, 0.15) is 0 Å². The van der Waals surface area contributed by atoms with E-state index >= 15 is 0 Å². The first kappa shape index (κ1) is 19.2. The minimum absolute atomic E-state index is 0.141.